The third-order valence-electron chi connectivity index (χ3n) is 6.26. The SMILES string of the molecule is CC(C)(C)OC(=O)NCCC1(c2nn[nH]n2)c2ccc(C(N)=O)cc2CCc2cc(C(N)=O)ccc21. The van der Waals surface area contributed by atoms with Crippen molar-refractivity contribution in [2.45, 2.75) is 51.0 Å². The molecule has 0 fully saturated rings. The number of aromatic nitrogens is 4. The van der Waals surface area contributed by atoms with Crippen molar-refractivity contribution >= 4 is 17.9 Å². The van der Waals surface area contributed by atoms with Crippen LogP contribution in [-0.4, -0.2) is 50.7 Å². The van der Waals surface area contributed by atoms with Crippen LogP contribution in [0.1, 0.15) is 76.0 Å². The quantitative estimate of drug-likeness (QED) is 0.405. The molecule has 36 heavy (non-hydrogen) atoms. The molecule has 1 aliphatic rings. The Morgan fingerprint density at radius 3 is 2.00 bits per heavy atom. The number of nitrogens with one attached hydrogen (secondary N) is 2. The van der Waals surface area contributed by atoms with Crippen molar-refractivity contribution in [3.05, 3.63) is 75.6 Å². The number of aromatic amines is 1. The third kappa shape index (κ3) is 4.77. The second kappa shape index (κ2) is 9.40. The zero-order valence-corrected chi connectivity index (χ0v) is 20.4. The Labute approximate surface area is 208 Å². The number of rotatable bonds is 6. The molecule has 0 bridgehead atoms. The number of aryl methyl sites for hydroxylation is 2. The summed E-state index contributed by atoms with van der Waals surface area (Å²) in [6.07, 6.45) is 0.945. The summed E-state index contributed by atoms with van der Waals surface area (Å²) < 4.78 is 5.40. The Bertz CT molecular complexity index is 1250. The number of fused-ring (bicyclic) bond motifs is 2. The van der Waals surface area contributed by atoms with E-state index >= 15 is 0 Å². The highest BCUT2D eigenvalue weighted by Gasteiger charge is 2.44. The lowest BCUT2D eigenvalue weighted by atomic mass is 9.69. The van der Waals surface area contributed by atoms with Gasteiger partial charge in [0.2, 0.25) is 11.8 Å². The lowest BCUT2D eigenvalue weighted by Gasteiger charge is -2.34. The maximum absolute atomic E-state index is 12.4. The minimum Gasteiger partial charge on any atom is -0.444 e. The molecule has 11 nitrogen and oxygen atoms in total. The van der Waals surface area contributed by atoms with Gasteiger partial charge in [0.05, 0.1) is 5.41 Å². The van der Waals surface area contributed by atoms with E-state index in [9.17, 15) is 14.4 Å². The lowest BCUT2D eigenvalue weighted by molar-refractivity contribution is 0.0525. The Morgan fingerprint density at radius 1 is 1.00 bits per heavy atom. The predicted molar refractivity (Wildman–Crippen MR) is 130 cm³/mol. The molecular weight excluding hydrogens is 462 g/mol. The summed E-state index contributed by atoms with van der Waals surface area (Å²) in [7, 11) is 0. The van der Waals surface area contributed by atoms with Crippen molar-refractivity contribution in [2.75, 3.05) is 6.54 Å². The summed E-state index contributed by atoms with van der Waals surface area (Å²) in [5.74, 6) is -0.684. The minimum absolute atomic E-state index is 0.220. The molecule has 2 aromatic carbocycles. The highest BCUT2D eigenvalue weighted by molar-refractivity contribution is 5.94. The largest absolute Gasteiger partial charge is 0.444 e. The van der Waals surface area contributed by atoms with Gasteiger partial charge in [-0.15, -0.1) is 10.2 Å². The van der Waals surface area contributed by atoms with Crippen molar-refractivity contribution in [1.82, 2.24) is 25.9 Å². The minimum atomic E-state index is -0.963. The molecule has 4 rings (SSSR count). The summed E-state index contributed by atoms with van der Waals surface area (Å²) >= 11 is 0. The van der Waals surface area contributed by atoms with Gasteiger partial charge in [0.15, 0.2) is 5.82 Å². The Kier molecular flexibility index (Phi) is 6.49. The number of carbonyl (C=O) groups is 3. The second-order valence-corrected chi connectivity index (χ2v) is 9.79. The first-order valence-electron chi connectivity index (χ1n) is 11.6. The number of hydrogen-bond acceptors (Lipinski definition) is 7. The summed E-state index contributed by atoms with van der Waals surface area (Å²) in [4.78, 5) is 36.3. The Hall–Kier alpha value is -4.28. The monoisotopic (exact) mass is 491 g/mol. The normalized spacial score (nSPS) is 14.2. The van der Waals surface area contributed by atoms with Crippen molar-refractivity contribution in [3.63, 3.8) is 0 Å². The highest BCUT2D eigenvalue weighted by atomic mass is 16.6. The van der Waals surface area contributed by atoms with Gasteiger partial charge in [-0.2, -0.15) is 5.21 Å². The number of nitrogens with zero attached hydrogens (tertiary/aromatic N) is 3. The van der Waals surface area contributed by atoms with Gasteiger partial charge in [0, 0.05) is 17.7 Å². The molecule has 188 valence electrons. The van der Waals surface area contributed by atoms with Crippen LogP contribution in [0.2, 0.25) is 0 Å². The predicted octanol–water partition coefficient (Wildman–Crippen LogP) is 1.75. The fourth-order valence-corrected chi connectivity index (χ4v) is 4.79. The van der Waals surface area contributed by atoms with E-state index in [4.69, 9.17) is 16.2 Å². The van der Waals surface area contributed by atoms with Crippen LogP contribution in [0.15, 0.2) is 36.4 Å². The maximum Gasteiger partial charge on any atom is 0.407 e. The van der Waals surface area contributed by atoms with Crippen molar-refractivity contribution < 1.29 is 19.1 Å². The van der Waals surface area contributed by atoms with Gasteiger partial charge in [0.1, 0.15) is 5.60 Å². The molecule has 0 atom stereocenters. The molecule has 11 heteroatoms. The molecule has 3 aromatic rings. The molecule has 0 saturated carbocycles. The van der Waals surface area contributed by atoms with Crippen LogP contribution < -0.4 is 16.8 Å². The van der Waals surface area contributed by atoms with Gasteiger partial charge in [-0.3, -0.25) is 9.59 Å². The number of amides is 3. The molecule has 0 saturated heterocycles. The van der Waals surface area contributed by atoms with E-state index in [0.717, 1.165) is 22.3 Å². The van der Waals surface area contributed by atoms with Crippen LogP contribution in [-0.2, 0) is 23.0 Å². The molecular formula is C25H29N7O4. The number of H-pyrrole nitrogens is 1. The second-order valence-electron chi connectivity index (χ2n) is 9.79. The first-order chi connectivity index (χ1) is 17.0. The number of benzene rings is 2. The molecule has 3 amide bonds. The number of hydrogen-bond donors (Lipinski definition) is 4. The third-order valence-corrected chi connectivity index (χ3v) is 6.26. The van der Waals surface area contributed by atoms with Crippen LogP contribution in [0.3, 0.4) is 0 Å². The van der Waals surface area contributed by atoms with Gasteiger partial charge in [0.25, 0.3) is 0 Å². The van der Waals surface area contributed by atoms with Gasteiger partial charge >= 0.3 is 6.09 Å². The van der Waals surface area contributed by atoms with E-state index < -0.39 is 28.9 Å². The zero-order chi connectivity index (χ0) is 26.1. The highest BCUT2D eigenvalue weighted by Crippen LogP contribution is 2.46. The molecule has 0 spiro atoms. The summed E-state index contributed by atoms with van der Waals surface area (Å²) in [5, 5.41) is 17.9. The zero-order valence-electron chi connectivity index (χ0n) is 20.4. The van der Waals surface area contributed by atoms with Crippen molar-refractivity contribution in [2.24, 2.45) is 11.5 Å². The molecule has 0 radical (unpaired) electrons. The van der Waals surface area contributed by atoms with E-state index in [1.54, 1.807) is 45.0 Å². The molecule has 1 heterocycles. The van der Waals surface area contributed by atoms with E-state index in [0.29, 0.717) is 36.2 Å². The standard InChI is InChI=1S/C25H29N7O4/c1-24(2,3)36-23(35)28-11-10-25(22-29-31-32-30-22)18-8-6-16(20(26)33)12-14(18)4-5-15-13-17(21(27)34)7-9-19(15)25/h6-9,12-13H,4-5,10-11H2,1-3H3,(H2,26,33)(H2,27,34)(H,28,35)(H,29,30,31,32). The van der Waals surface area contributed by atoms with Crippen LogP contribution in [0.4, 0.5) is 4.79 Å². The van der Waals surface area contributed by atoms with Gasteiger partial charge in [-0.05, 0) is 86.6 Å². The first kappa shape index (κ1) is 24.8. The topological polar surface area (TPSA) is 179 Å². The van der Waals surface area contributed by atoms with E-state index in [2.05, 4.69) is 25.9 Å². The summed E-state index contributed by atoms with van der Waals surface area (Å²) in [6.45, 7) is 5.59. The Morgan fingerprint density at radius 2 is 1.56 bits per heavy atom. The Balaban J connectivity index is 1.88. The first-order valence-corrected chi connectivity index (χ1v) is 11.6. The maximum atomic E-state index is 12.4. The van der Waals surface area contributed by atoms with Crippen LogP contribution >= 0.6 is 0 Å². The fraction of sp³-hybridized carbons (Fsp3) is 0.360. The number of nitrogens with two attached hydrogens (primary N) is 2. The van der Waals surface area contributed by atoms with Crippen molar-refractivity contribution in [1.29, 1.82) is 0 Å². The van der Waals surface area contributed by atoms with Gasteiger partial charge < -0.3 is 21.5 Å². The molecule has 1 aliphatic carbocycles. The molecule has 0 unspecified atom stereocenters. The van der Waals surface area contributed by atoms with E-state index in [1.165, 1.54) is 0 Å². The lowest BCUT2D eigenvalue weighted by Crippen LogP contribution is -2.39. The van der Waals surface area contributed by atoms with Crippen LogP contribution in [0, 0.1) is 0 Å². The number of primary amides is 2. The number of ether oxygens (including phenoxy) is 1. The summed E-state index contributed by atoms with van der Waals surface area (Å²) in [5.41, 5.74) is 13.7. The van der Waals surface area contributed by atoms with E-state index in [1.807, 2.05) is 12.1 Å². The average Bonchev–Trinajstić information content (AvgIpc) is 3.30. The number of carbonyl (C=O) groups excluding carboxylic acids is 3. The molecule has 0 aliphatic heterocycles. The van der Waals surface area contributed by atoms with Crippen LogP contribution in [0.25, 0.3) is 0 Å². The van der Waals surface area contributed by atoms with Gasteiger partial charge in [-0.25, -0.2) is 4.79 Å². The summed E-state index contributed by atoms with van der Waals surface area (Å²) in [6, 6.07) is 10.6. The fourth-order valence-electron chi connectivity index (χ4n) is 4.79. The molecule has 1 aromatic heterocycles. The molecule has 6 N–H and O–H groups in total. The number of tetrazole rings is 1. The van der Waals surface area contributed by atoms with E-state index in [-0.39, 0.29) is 6.54 Å². The van der Waals surface area contributed by atoms with Crippen LogP contribution in [0.5, 0.6) is 0 Å². The average molecular weight is 492 g/mol. The van der Waals surface area contributed by atoms with Crippen molar-refractivity contribution in [3.8, 4) is 0 Å². The van der Waals surface area contributed by atoms with Gasteiger partial charge in [-0.1, -0.05) is 17.3 Å². The smallest absolute Gasteiger partial charge is 0.407 e. The number of alkyl carbamates (subject to hydrolysis) is 1.